The van der Waals surface area contributed by atoms with E-state index < -0.39 is 13.0 Å². The number of halogens is 4. The number of imidazole rings is 1. The number of benzene rings is 1. The van der Waals surface area contributed by atoms with E-state index in [0.717, 1.165) is 12.8 Å². The third-order valence-corrected chi connectivity index (χ3v) is 5.92. The first kappa shape index (κ1) is 25.7. The first-order chi connectivity index (χ1) is 17.2. The van der Waals surface area contributed by atoms with Gasteiger partial charge in [-0.1, -0.05) is 0 Å². The van der Waals surface area contributed by atoms with Crippen molar-refractivity contribution < 1.29 is 36.6 Å². The molecule has 0 spiro atoms. The van der Waals surface area contributed by atoms with Crippen LogP contribution in [-0.4, -0.2) is 67.0 Å². The van der Waals surface area contributed by atoms with Gasteiger partial charge in [-0.15, -0.1) is 0 Å². The Balaban J connectivity index is 1.59. The summed E-state index contributed by atoms with van der Waals surface area (Å²) >= 11 is 0. The van der Waals surface area contributed by atoms with Crippen molar-refractivity contribution in [1.82, 2.24) is 14.3 Å². The number of rotatable bonds is 13. The molecule has 7 nitrogen and oxygen atoms in total. The molecule has 1 aliphatic rings. The van der Waals surface area contributed by atoms with Gasteiger partial charge >= 0.3 is 6.61 Å². The second-order valence-corrected chi connectivity index (χ2v) is 8.74. The predicted molar refractivity (Wildman–Crippen MR) is 124 cm³/mol. The largest absolute Gasteiger partial charge is 0.496 e. The standard InChI is InChI=1S/C25H27F4N3O4/c1-31(14-22(26)27)7-8-35-17-5-6-32-18(13-30-23(32)12-17)16-10-20(34-2)24(19(33)9-15-3-4-15)21(11-16)36-25(28)29/h5-6,10-13,15,22,25H,3-4,7-9,14H2,1-2H3. The summed E-state index contributed by atoms with van der Waals surface area (Å²) in [6, 6.07) is 6.36. The Kier molecular flexibility index (Phi) is 7.97. The molecule has 1 saturated carbocycles. The summed E-state index contributed by atoms with van der Waals surface area (Å²) in [5.41, 5.74) is 1.56. The zero-order valence-corrected chi connectivity index (χ0v) is 19.9. The van der Waals surface area contributed by atoms with E-state index in [0.29, 0.717) is 29.2 Å². The van der Waals surface area contributed by atoms with E-state index in [9.17, 15) is 22.4 Å². The minimum atomic E-state index is -3.11. The van der Waals surface area contributed by atoms with Crippen LogP contribution in [0.2, 0.25) is 0 Å². The first-order valence-electron chi connectivity index (χ1n) is 11.5. The lowest BCUT2D eigenvalue weighted by atomic mass is 10.00. The summed E-state index contributed by atoms with van der Waals surface area (Å²) in [7, 11) is 2.96. The van der Waals surface area contributed by atoms with Crippen LogP contribution < -0.4 is 14.2 Å². The summed E-state index contributed by atoms with van der Waals surface area (Å²) in [5.74, 6) is 0.381. The molecule has 11 heteroatoms. The Morgan fingerprint density at radius 2 is 1.94 bits per heavy atom. The molecule has 4 rings (SSSR count). The van der Waals surface area contributed by atoms with Crippen LogP contribution in [0, 0.1) is 5.92 Å². The molecule has 0 amide bonds. The Hall–Kier alpha value is -3.34. The van der Waals surface area contributed by atoms with Crippen LogP contribution in [0.5, 0.6) is 17.2 Å². The Labute approximate surface area is 205 Å². The molecule has 1 aliphatic carbocycles. The topological polar surface area (TPSA) is 65.3 Å². The number of likely N-dealkylation sites (N-methyl/N-ethyl adjacent to an activating group) is 1. The average Bonchev–Trinajstić information content (AvgIpc) is 3.52. The number of hydrogen-bond acceptors (Lipinski definition) is 6. The lowest BCUT2D eigenvalue weighted by Crippen LogP contribution is -2.28. The Morgan fingerprint density at radius 1 is 1.19 bits per heavy atom. The normalized spacial score (nSPS) is 13.7. The lowest BCUT2D eigenvalue weighted by molar-refractivity contribution is -0.0502. The van der Waals surface area contributed by atoms with E-state index in [-0.39, 0.29) is 48.3 Å². The molecule has 0 N–H and O–H groups in total. The van der Waals surface area contributed by atoms with Crippen molar-refractivity contribution in [3.8, 4) is 28.5 Å². The second-order valence-electron chi connectivity index (χ2n) is 8.74. The van der Waals surface area contributed by atoms with Crippen LogP contribution >= 0.6 is 0 Å². The van der Waals surface area contributed by atoms with Gasteiger partial charge in [0.1, 0.15) is 35.1 Å². The molecular weight excluding hydrogens is 482 g/mol. The highest BCUT2D eigenvalue weighted by atomic mass is 19.3. The Morgan fingerprint density at radius 3 is 2.61 bits per heavy atom. The van der Waals surface area contributed by atoms with Gasteiger partial charge < -0.3 is 14.2 Å². The molecule has 194 valence electrons. The van der Waals surface area contributed by atoms with Gasteiger partial charge in [-0.05, 0) is 44.0 Å². The Bertz CT molecular complexity index is 1210. The highest BCUT2D eigenvalue weighted by Crippen LogP contribution is 2.40. The van der Waals surface area contributed by atoms with E-state index >= 15 is 0 Å². The highest BCUT2D eigenvalue weighted by molar-refractivity contribution is 6.02. The van der Waals surface area contributed by atoms with Gasteiger partial charge in [0, 0.05) is 30.8 Å². The van der Waals surface area contributed by atoms with Crippen molar-refractivity contribution in [2.24, 2.45) is 5.92 Å². The van der Waals surface area contributed by atoms with E-state index in [1.807, 2.05) is 0 Å². The zero-order valence-electron chi connectivity index (χ0n) is 19.9. The van der Waals surface area contributed by atoms with Crippen LogP contribution in [0.4, 0.5) is 17.6 Å². The molecule has 36 heavy (non-hydrogen) atoms. The molecule has 0 aliphatic heterocycles. The number of pyridine rings is 1. The van der Waals surface area contributed by atoms with Gasteiger partial charge in [0.2, 0.25) is 0 Å². The monoisotopic (exact) mass is 509 g/mol. The summed E-state index contributed by atoms with van der Waals surface area (Å²) in [6.45, 7) is -2.90. The number of carbonyl (C=O) groups is 1. The molecule has 2 heterocycles. The van der Waals surface area contributed by atoms with Gasteiger partial charge in [-0.2, -0.15) is 8.78 Å². The van der Waals surface area contributed by atoms with Gasteiger partial charge in [0.05, 0.1) is 25.5 Å². The number of nitrogens with zero attached hydrogens (tertiary/aromatic N) is 3. The zero-order chi connectivity index (χ0) is 25.8. The van der Waals surface area contributed by atoms with Crippen molar-refractivity contribution in [1.29, 1.82) is 0 Å². The maximum atomic E-state index is 13.2. The van der Waals surface area contributed by atoms with Crippen LogP contribution in [0.3, 0.4) is 0 Å². The quantitative estimate of drug-likeness (QED) is 0.234. The fraction of sp³-hybridized carbons (Fsp3) is 0.440. The number of ketones is 1. The maximum absolute atomic E-state index is 13.2. The van der Waals surface area contributed by atoms with Crippen molar-refractivity contribution in [2.45, 2.75) is 32.3 Å². The number of carbonyl (C=O) groups excluding carboxylic acids is 1. The van der Waals surface area contributed by atoms with Gasteiger partial charge in [-0.3, -0.25) is 14.1 Å². The third-order valence-electron chi connectivity index (χ3n) is 5.92. The third kappa shape index (κ3) is 6.26. The number of methoxy groups -OCH3 is 1. The SMILES string of the molecule is COc1cc(-c2cnc3cc(OCCN(C)CC(F)F)ccn23)cc(OC(F)F)c1C(=O)CC1CC1. The summed E-state index contributed by atoms with van der Waals surface area (Å²) < 4.78 is 68.8. The second kappa shape index (κ2) is 11.2. The number of hydrogen-bond donors (Lipinski definition) is 0. The number of alkyl halides is 4. The van der Waals surface area contributed by atoms with Gasteiger partial charge in [0.25, 0.3) is 6.43 Å². The van der Waals surface area contributed by atoms with Crippen molar-refractivity contribution >= 4 is 11.4 Å². The fourth-order valence-corrected chi connectivity index (χ4v) is 3.96. The minimum Gasteiger partial charge on any atom is -0.496 e. The summed E-state index contributed by atoms with van der Waals surface area (Å²) in [4.78, 5) is 18.7. The minimum absolute atomic E-state index is 0.00904. The number of ether oxygens (including phenoxy) is 3. The maximum Gasteiger partial charge on any atom is 0.387 e. The predicted octanol–water partition coefficient (Wildman–Crippen LogP) is 5.17. The molecule has 2 aromatic heterocycles. The number of Topliss-reactive ketones (excluding diaryl/α,β-unsaturated/α-hetero) is 1. The molecule has 0 unspecified atom stereocenters. The van der Waals surface area contributed by atoms with E-state index in [1.54, 1.807) is 42.0 Å². The molecule has 1 fully saturated rings. The molecule has 1 aromatic carbocycles. The van der Waals surface area contributed by atoms with Crippen molar-refractivity contribution in [2.75, 3.05) is 33.9 Å². The lowest BCUT2D eigenvalue weighted by Gasteiger charge is -2.16. The van der Waals surface area contributed by atoms with Gasteiger partial charge in [-0.25, -0.2) is 13.8 Å². The molecule has 3 aromatic rings. The first-order valence-corrected chi connectivity index (χ1v) is 11.5. The van der Waals surface area contributed by atoms with Crippen LogP contribution in [0.1, 0.15) is 29.6 Å². The van der Waals surface area contributed by atoms with Crippen molar-refractivity contribution in [3.63, 3.8) is 0 Å². The van der Waals surface area contributed by atoms with Crippen LogP contribution in [0.15, 0.2) is 36.7 Å². The van der Waals surface area contributed by atoms with E-state index in [2.05, 4.69) is 4.98 Å². The molecule has 0 atom stereocenters. The molecular formula is C25H27F4N3O4. The molecule has 0 radical (unpaired) electrons. The van der Waals surface area contributed by atoms with Crippen LogP contribution in [0.25, 0.3) is 16.9 Å². The highest BCUT2D eigenvalue weighted by Gasteiger charge is 2.29. The number of fused-ring (bicyclic) bond motifs is 1. The molecule has 0 saturated heterocycles. The summed E-state index contributed by atoms with van der Waals surface area (Å²) in [5, 5.41) is 0. The fourth-order valence-electron chi connectivity index (χ4n) is 3.96. The average molecular weight is 510 g/mol. The van der Waals surface area contributed by atoms with Crippen molar-refractivity contribution in [3.05, 3.63) is 42.2 Å². The van der Waals surface area contributed by atoms with E-state index in [4.69, 9.17) is 14.2 Å². The molecule has 0 bridgehead atoms. The number of aromatic nitrogens is 2. The summed E-state index contributed by atoms with van der Waals surface area (Å²) in [6.07, 6.45) is 2.98. The van der Waals surface area contributed by atoms with Crippen LogP contribution in [-0.2, 0) is 0 Å². The van der Waals surface area contributed by atoms with Gasteiger partial charge in [0.15, 0.2) is 5.78 Å². The van der Waals surface area contributed by atoms with E-state index in [1.165, 1.54) is 18.1 Å². The smallest absolute Gasteiger partial charge is 0.387 e.